The minimum absolute atomic E-state index is 0.0735. The number of aliphatic carboxylic acids is 2. The number of carbonyl (C=O) groups is 2. The molecule has 3 heterocycles. The summed E-state index contributed by atoms with van der Waals surface area (Å²) >= 11 is 0. The third kappa shape index (κ3) is 7.88. The Bertz CT molecular complexity index is 1900. The fraction of sp³-hybridized carbons (Fsp3) is 0.917. The van der Waals surface area contributed by atoms with Gasteiger partial charge in [-0.3, -0.25) is 4.79 Å². The Balaban J connectivity index is 1.06. The van der Waals surface area contributed by atoms with Crippen molar-refractivity contribution in [1.29, 1.82) is 0 Å². The van der Waals surface area contributed by atoms with E-state index in [2.05, 4.69) is 47.6 Å². The SMILES string of the molecule is C[C@@H]1O[C@@H](O[C@H]2[C@H](O[C@H]3[C@H](O[C@H]4CC[C@]5(C)[C@H]6CC=C7[C@@H]8C[C@](C)(C(=O)O)C[C@@H](O)[C@]8(C)CC[C@@]7(C)[C@]6(C)CC[C@H]5C4(C)C)O[C@H](C(=O)O)[C@@H](O)[C@@H]3O)O[C@H](CO)[C@H](O)[C@@H]2O)[C@H](O)[C@H](O)[C@H]1O. The maximum absolute atomic E-state index is 12.6. The van der Waals surface area contributed by atoms with Crippen LogP contribution in [-0.4, -0.2) is 179 Å². The Morgan fingerprint density at radius 1 is 0.657 bits per heavy atom. The molecule has 3 aliphatic heterocycles. The third-order valence-electron chi connectivity index (χ3n) is 19.7. The molecule has 19 nitrogen and oxygen atoms in total. The van der Waals surface area contributed by atoms with E-state index in [1.165, 1.54) is 12.5 Å². The van der Waals surface area contributed by atoms with Gasteiger partial charge in [-0.25, -0.2) is 4.79 Å². The van der Waals surface area contributed by atoms with Gasteiger partial charge in [0.1, 0.15) is 61.0 Å². The summed E-state index contributed by atoms with van der Waals surface area (Å²) in [6, 6.07) is 0. The van der Waals surface area contributed by atoms with Crippen molar-refractivity contribution in [2.75, 3.05) is 6.61 Å². The van der Waals surface area contributed by atoms with Crippen LogP contribution >= 0.6 is 0 Å². The van der Waals surface area contributed by atoms with E-state index in [-0.39, 0.29) is 40.4 Å². The van der Waals surface area contributed by atoms with E-state index in [1.807, 2.05) is 0 Å². The maximum atomic E-state index is 12.6. The lowest BCUT2D eigenvalue weighted by Gasteiger charge is -2.71. The number of rotatable bonds is 9. The van der Waals surface area contributed by atoms with Crippen LogP contribution in [0.15, 0.2) is 11.6 Å². The van der Waals surface area contributed by atoms with E-state index in [4.69, 9.17) is 28.4 Å². The quantitative estimate of drug-likeness (QED) is 0.112. The molecule has 25 atom stereocenters. The maximum Gasteiger partial charge on any atom is 0.335 e. The minimum Gasteiger partial charge on any atom is -0.481 e. The molecule has 8 aliphatic rings. The topological polar surface area (TPSA) is 312 Å². The van der Waals surface area contributed by atoms with Crippen LogP contribution in [0.5, 0.6) is 0 Å². The fourth-order valence-electron chi connectivity index (χ4n) is 15.1. The van der Waals surface area contributed by atoms with Crippen molar-refractivity contribution in [3.8, 4) is 0 Å². The van der Waals surface area contributed by atoms with E-state index >= 15 is 0 Å². The normalized spacial score (nSPS) is 55.2. The van der Waals surface area contributed by atoms with Gasteiger partial charge < -0.3 is 84.6 Å². The van der Waals surface area contributed by atoms with Crippen molar-refractivity contribution in [1.82, 2.24) is 0 Å². The smallest absolute Gasteiger partial charge is 0.335 e. The first-order valence-electron chi connectivity index (χ1n) is 24.3. The van der Waals surface area contributed by atoms with Crippen LogP contribution < -0.4 is 0 Å². The van der Waals surface area contributed by atoms with Gasteiger partial charge in [-0.2, -0.15) is 0 Å². The molecule has 0 amide bonds. The average Bonchev–Trinajstić information content (AvgIpc) is 3.25. The first kappa shape index (κ1) is 51.4. The first-order chi connectivity index (χ1) is 31.1. The highest BCUT2D eigenvalue weighted by Gasteiger charge is 2.70. The van der Waals surface area contributed by atoms with Crippen LogP contribution in [0.25, 0.3) is 0 Å². The van der Waals surface area contributed by atoms with Crippen molar-refractivity contribution in [2.24, 2.45) is 50.2 Å². The molecule has 0 radical (unpaired) electrons. The van der Waals surface area contributed by atoms with Crippen molar-refractivity contribution in [3.05, 3.63) is 11.6 Å². The summed E-state index contributed by atoms with van der Waals surface area (Å²) in [4.78, 5) is 25.1. The van der Waals surface area contributed by atoms with Crippen LogP contribution in [0.3, 0.4) is 0 Å². The summed E-state index contributed by atoms with van der Waals surface area (Å²) < 4.78 is 36.3. The molecular weight excluding hydrogens is 881 g/mol. The highest BCUT2D eigenvalue weighted by Crippen LogP contribution is 2.76. The zero-order valence-corrected chi connectivity index (χ0v) is 39.9. The zero-order valence-electron chi connectivity index (χ0n) is 39.9. The van der Waals surface area contributed by atoms with Gasteiger partial charge in [-0.15, -0.1) is 0 Å². The lowest BCUT2D eigenvalue weighted by atomic mass is 9.33. The van der Waals surface area contributed by atoms with Gasteiger partial charge in [0.05, 0.1) is 30.3 Å². The average molecular weight is 957 g/mol. The van der Waals surface area contributed by atoms with Crippen LogP contribution in [0.1, 0.15) is 113 Å². The molecule has 5 aliphatic carbocycles. The largest absolute Gasteiger partial charge is 0.481 e. The number of hydrogen-bond acceptors (Lipinski definition) is 17. The predicted octanol–water partition coefficient (Wildman–Crippen LogP) is 0.797. The number of ether oxygens (including phenoxy) is 6. The number of hydrogen-bond donors (Lipinski definition) is 11. The molecule has 0 aromatic heterocycles. The van der Waals surface area contributed by atoms with Crippen LogP contribution in [0.2, 0.25) is 0 Å². The van der Waals surface area contributed by atoms with Gasteiger partial charge in [-0.05, 0) is 111 Å². The summed E-state index contributed by atoms with van der Waals surface area (Å²) in [5.41, 5.74) is -1.39. The van der Waals surface area contributed by atoms with E-state index in [1.54, 1.807) is 6.92 Å². The number of allylic oxidation sites excluding steroid dienone is 2. The monoisotopic (exact) mass is 956 g/mol. The van der Waals surface area contributed by atoms with Gasteiger partial charge in [-0.1, -0.05) is 53.2 Å². The standard InChI is InChI=1S/C48H76O19/c1-20-28(51)30(53)34(57)39(62-20)66-36-31(54)29(52)23(19-49)63-40(36)67-37-33(56)32(55)35(38(58)59)65-41(37)64-27-12-13-46(6)24(43(27,2)3)11-14-48(8)25(46)10-9-21-22-17-44(4,42(60)61)18-26(50)45(22,5)15-16-47(21,48)7/h9,20,22-37,39-41,49-57H,10-19H2,1-8H3,(H,58,59)(H,60,61)/t20-,22-,23+,24-,25+,26+,27-,28-,29-,30+,31-,32-,33-,34+,35-,36+,37+,39-,40-,41+,44-,45+,46-,47+,48+/m0/s1. The molecule has 11 N–H and O–H groups in total. The molecule has 0 aromatic carbocycles. The Morgan fingerprint density at radius 2 is 1.28 bits per heavy atom. The number of aliphatic hydroxyl groups is 9. The molecule has 67 heavy (non-hydrogen) atoms. The molecule has 3 saturated heterocycles. The summed E-state index contributed by atoms with van der Waals surface area (Å²) in [5.74, 6) is -2.23. The summed E-state index contributed by atoms with van der Waals surface area (Å²) in [7, 11) is 0. The third-order valence-corrected chi connectivity index (χ3v) is 19.7. The van der Waals surface area contributed by atoms with Gasteiger partial charge in [0, 0.05) is 5.41 Å². The van der Waals surface area contributed by atoms with Gasteiger partial charge in [0.15, 0.2) is 25.0 Å². The Hall–Kier alpha value is -1.92. The zero-order chi connectivity index (χ0) is 49.3. The fourth-order valence-corrected chi connectivity index (χ4v) is 15.1. The second kappa shape index (κ2) is 17.7. The predicted molar refractivity (Wildman–Crippen MR) is 231 cm³/mol. The van der Waals surface area contributed by atoms with E-state index in [0.717, 1.165) is 32.1 Å². The van der Waals surface area contributed by atoms with E-state index < -0.39 is 139 Å². The lowest BCUT2D eigenvalue weighted by molar-refractivity contribution is -0.395. The van der Waals surface area contributed by atoms with Gasteiger partial charge in [0.2, 0.25) is 0 Å². The summed E-state index contributed by atoms with van der Waals surface area (Å²) in [6.45, 7) is 15.8. The number of carboxylic acids is 2. The number of carboxylic acid groups (broad SMARTS) is 2. The molecular formula is C48H76O19. The van der Waals surface area contributed by atoms with Crippen LogP contribution in [-0.2, 0) is 38.0 Å². The molecule has 19 heteroatoms. The van der Waals surface area contributed by atoms with Crippen LogP contribution in [0.4, 0.5) is 0 Å². The lowest BCUT2D eigenvalue weighted by Crippen LogP contribution is -2.68. The van der Waals surface area contributed by atoms with Gasteiger partial charge in [0.25, 0.3) is 0 Å². The van der Waals surface area contributed by atoms with E-state index in [0.29, 0.717) is 19.3 Å². The van der Waals surface area contributed by atoms with Crippen molar-refractivity contribution in [3.63, 3.8) is 0 Å². The Labute approximate surface area is 391 Å². The number of aliphatic hydroxyl groups excluding tert-OH is 9. The molecule has 0 aromatic rings. The van der Waals surface area contributed by atoms with Crippen molar-refractivity contribution < 1.29 is 94.2 Å². The molecule has 4 saturated carbocycles. The molecule has 7 fully saturated rings. The van der Waals surface area contributed by atoms with Crippen molar-refractivity contribution >= 4 is 11.9 Å². The molecule has 0 spiro atoms. The van der Waals surface area contributed by atoms with E-state index in [9.17, 15) is 65.8 Å². The summed E-state index contributed by atoms with van der Waals surface area (Å²) in [5, 5.41) is 119. The summed E-state index contributed by atoms with van der Waals surface area (Å²) in [6.07, 6.45) is -18.9. The molecule has 0 bridgehead atoms. The minimum atomic E-state index is -2.05. The van der Waals surface area contributed by atoms with Crippen molar-refractivity contribution in [2.45, 2.75) is 218 Å². The second-order valence-corrected chi connectivity index (χ2v) is 23.5. The highest BCUT2D eigenvalue weighted by molar-refractivity contribution is 5.74. The number of fused-ring (bicyclic) bond motifs is 7. The first-order valence-corrected chi connectivity index (χ1v) is 24.3. The van der Waals surface area contributed by atoms with Gasteiger partial charge >= 0.3 is 11.9 Å². The molecule has 382 valence electrons. The highest BCUT2D eigenvalue weighted by atomic mass is 16.8. The second-order valence-electron chi connectivity index (χ2n) is 23.5. The Kier molecular flexibility index (Phi) is 13.6. The molecule has 8 rings (SSSR count). The molecule has 0 unspecified atom stereocenters. The van der Waals surface area contributed by atoms with Crippen LogP contribution in [0, 0.1) is 50.2 Å². The Morgan fingerprint density at radius 3 is 1.91 bits per heavy atom.